The first-order valence-corrected chi connectivity index (χ1v) is 6.29. The molecular formula is C16H12N4. The summed E-state index contributed by atoms with van der Waals surface area (Å²) in [6.07, 6.45) is 0.528. The van der Waals surface area contributed by atoms with Crippen LogP contribution in [0.2, 0.25) is 0 Å². The molecule has 1 aromatic carbocycles. The number of nitriles is 2. The Morgan fingerprint density at radius 1 is 1.10 bits per heavy atom. The van der Waals surface area contributed by atoms with Crippen LogP contribution >= 0.6 is 0 Å². The molecule has 0 saturated heterocycles. The second kappa shape index (κ2) is 5.44. The van der Waals surface area contributed by atoms with Gasteiger partial charge < -0.3 is 0 Å². The fraction of sp³-hybridized carbons (Fsp3) is 0.375. The van der Waals surface area contributed by atoms with Gasteiger partial charge in [0.1, 0.15) is 0 Å². The van der Waals surface area contributed by atoms with Gasteiger partial charge >= 0.3 is 12.1 Å². The van der Waals surface area contributed by atoms with Crippen LogP contribution in [-0.2, 0) is 0 Å². The Morgan fingerprint density at radius 2 is 1.65 bits per heavy atom. The van der Waals surface area contributed by atoms with Gasteiger partial charge in [0.2, 0.25) is 0 Å². The molecular weight excluding hydrogens is 248 g/mol. The number of aryl methyl sites for hydroxylation is 1. The normalized spacial score (nSPS) is 22.4. The van der Waals surface area contributed by atoms with Gasteiger partial charge in [-0.3, -0.25) is 9.69 Å². The summed E-state index contributed by atoms with van der Waals surface area (Å²) in [7, 11) is 0. The summed E-state index contributed by atoms with van der Waals surface area (Å²) in [5.74, 6) is -0.398. The molecule has 0 bridgehead atoms. The fourth-order valence-electron chi connectivity index (χ4n) is 2.90. The van der Waals surface area contributed by atoms with E-state index < -0.39 is 12.1 Å². The van der Waals surface area contributed by atoms with Crippen molar-refractivity contribution in [2.24, 2.45) is 0 Å². The second-order valence-electron chi connectivity index (χ2n) is 4.99. The average molecular weight is 260 g/mol. The molecule has 0 heterocycles. The van der Waals surface area contributed by atoms with E-state index >= 15 is 0 Å². The monoisotopic (exact) mass is 260 g/mol. The van der Waals surface area contributed by atoms with E-state index in [-0.39, 0.29) is 11.8 Å². The lowest BCUT2D eigenvalue weighted by atomic mass is 9.92. The zero-order valence-electron chi connectivity index (χ0n) is 11.0. The predicted molar refractivity (Wildman–Crippen MR) is 73.3 cm³/mol. The molecule has 4 atom stereocenters. The van der Waals surface area contributed by atoms with Crippen molar-refractivity contribution in [3.8, 4) is 12.1 Å². The van der Waals surface area contributed by atoms with Crippen LogP contribution in [0.25, 0.3) is 9.69 Å². The van der Waals surface area contributed by atoms with Gasteiger partial charge in [0.25, 0.3) is 0 Å². The van der Waals surface area contributed by atoms with E-state index in [1.54, 1.807) is 0 Å². The van der Waals surface area contributed by atoms with Crippen molar-refractivity contribution in [2.75, 3.05) is 0 Å². The summed E-state index contributed by atoms with van der Waals surface area (Å²) in [6, 6.07) is 8.44. The lowest BCUT2D eigenvalue weighted by molar-refractivity contribution is 0.573. The third-order valence-electron chi connectivity index (χ3n) is 3.85. The Morgan fingerprint density at radius 3 is 2.15 bits per heavy atom. The van der Waals surface area contributed by atoms with Crippen LogP contribution in [0.1, 0.15) is 34.9 Å². The highest BCUT2D eigenvalue weighted by Gasteiger charge is 2.44. The highest BCUT2D eigenvalue weighted by molar-refractivity contribution is 5.46. The summed E-state index contributed by atoms with van der Waals surface area (Å²) < 4.78 is 0. The first-order valence-electron chi connectivity index (χ1n) is 6.29. The van der Waals surface area contributed by atoms with Crippen LogP contribution in [0.4, 0.5) is 0 Å². The van der Waals surface area contributed by atoms with Gasteiger partial charge in [-0.1, -0.05) is 23.8 Å². The summed E-state index contributed by atoms with van der Waals surface area (Å²) in [5.41, 5.74) is 2.97. The van der Waals surface area contributed by atoms with Crippen molar-refractivity contribution in [2.45, 2.75) is 37.3 Å². The molecule has 0 saturated carbocycles. The Bertz CT molecular complexity index is 665. The second-order valence-corrected chi connectivity index (χ2v) is 4.99. The largest absolute Gasteiger partial charge is 0.313 e. The number of fused-ring (bicyclic) bond motifs is 1. The Balaban J connectivity index is 2.52. The molecule has 4 heteroatoms. The lowest BCUT2D eigenvalue weighted by Gasteiger charge is -2.08. The lowest BCUT2D eigenvalue weighted by Crippen LogP contribution is -2.13. The molecule has 0 aliphatic heterocycles. The topological polar surface area (TPSA) is 56.3 Å². The standard InChI is InChI=1S/C16H12N4/c1-10-4-5-11-12(6-10)14(16(9-18)20-3)7-13(11)15(8-17)19-2/h4-6,13-16H,7H2,1H3. The number of hydrogen-bond donors (Lipinski definition) is 0. The van der Waals surface area contributed by atoms with Gasteiger partial charge in [0.05, 0.1) is 11.8 Å². The zero-order chi connectivity index (χ0) is 14.7. The van der Waals surface area contributed by atoms with Crippen LogP contribution in [0.3, 0.4) is 0 Å². The van der Waals surface area contributed by atoms with Crippen LogP contribution in [0.15, 0.2) is 18.2 Å². The van der Waals surface area contributed by atoms with Crippen molar-refractivity contribution >= 4 is 0 Å². The minimum atomic E-state index is -0.745. The number of nitrogens with zero attached hydrogens (tertiary/aromatic N) is 4. The molecule has 1 aliphatic rings. The van der Waals surface area contributed by atoms with E-state index in [1.165, 1.54) is 0 Å². The van der Waals surface area contributed by atoms with Gasteiger partial charge in [0.15, 0.2) is 12.1 Å². The maximum absolute atomic E-state index is 9.13. The summed E-state index contributed by atoms with van der Waals surface area (Å²) in [6.45, 7) is 16.3. The molecule has 2 rings (SSSR count). The fourth-order valence-corrected chi connectivity index (χ4v) is 2.90. The smallest absolute Gasteiger partial charge is 0.297 e. The van der Waals surface area contributed by atoms with E-state index in [0.29, 0.717) is 6.42 Å². The molecule has 0 radical (unpaired) electrons. The van der Waals surface area contributed by atoms with Gasteiger partial charge in [-0.05, 0) is 24.5 Å². The zero-order valence-corrected chi connectivity index (χ0v) is 11.0. The van der Waals surface area contributed by atoms with Crippen LogP contribution in [-0.4, -0.2) is 12.1 Å². The third kappa shape index (κ3) is 2.09. The molecule has 96 valence electrons. The summed E-state index contributed by atoms with van der Waals surface area (Å²) >= 11 is 0. The Labute approximate surface area is 118 Å². The minimum absolute atomic E-state index is 0.198. The molecule has 0 spiro atoms. The van der Waals surface area contributed by atoms with Gasteiger partial charge in [-0.2, -0.15) is 10.5 Å². The highest BCUT2D eigenvalue weighted by Crippen LogP contribution is 2.46. The van der Waals surface area contributed by atoms with Crippen LogP contribution < -0.4 is 0 Å². The molecule has 1 aliphatic carbocycles. The van der Waals surface area contributed by atoms with E-state index in [4.69, 9.17) is 23.7 Å². The van der Waals surface area contributed by atoms with Crippen molar-refractivity contribution in [1.82, 2.24) is 0 Å². The van der Waals surface area contributed by atoms with Gasteiger partial charge in [0, 0.05) is 0 Å². The maximum Gasteiger partial charge on any atom is 0.313 e. The minimum Gasteiger partial charge on any atom is -0.297 e. The number of hydrogen-bond acceptors (Lipinski definition) is 2. The number of rotatable bonds is 2. The number of benzene rings is 1. The Hall–Kier alpha value is -2.82. The highest BCUT2D eigenvalue weighted by atomic mass is 14.8. The van der Waals surface area contributed by atoms with E-state index in [2.05, 4.69) is 9.69 Å². The van der Waals surface area contributed by atoms with Gasteiger partial charge in [-0.15, -0.1) is 0 Å². The average Bonchev–Trinajstić information content (AvgIpc) is 2.81. The van der Waals surface area contributed by atoms with E-state index in [0.717, 1.165) is 16.7 Å². The van der Waals surface area contributed by atoms with Crippen molar-refractivity contribution < 1.29 is 0 Å². The SMILES string of the molecule is [C-]#[N+]C(C#N)C1CC(C(C#N)[N+]#[C-])c2cc(C)ccc21. The van der Waals surface area contributed by atoms with Crippen LogP contribution in [0, 0.1) is 42.7 Å². The first kappa shape index (κ1) is 13.6. The van der Waals surface area contributed by atoms with Crippen molar-refractivity contribution in [3.05, 3.63) is 57.7 Å². The van der Waals surface area contributed by atoms with Crippen molar-refractivity contribution in [3.63, 3.8) is 0 Å². The molecule has 0 N–H and O–H groups in total. The Kier molecular flexibility index (Phi) is 3.70. The molecule has 20 heavy (non-hydrogen) atoms. The maximum atomic E-state index is 9.13. The first-order chi connectivity index (χ1) is 9.65. The molecule has 4 unspecified atom stereocenters. The predicted octanol–water partition coefficient (Wildman–Crippen LogP) is 3.19. The quantitative estimate of drug-likeness (QED) is 0.767. The molecule has 0 fully saturated rings. The third-order valence-corrected chi connectivity index (χ3v) is 3.85. The van der Waals surface area contributed by atoms with Crippen molar-refractivity contribution in [1.29, 1.82) is 10.5 Å². The van der Waals surface area contributed by atoms with E-state index in [1.807, 2.05) is 37.3 Å². The van der Waals surface area contributed by atoms with Crippen LogP contribution in [0.5, 0.6) is 0 Å². The molecule has 4 nitrogen and oxygen atoms in total. The molecule has 0 amide bonds. The summed E-state index contributed by atoms with van der Waals surface area (Å²) in [4.78, 5) is 6.77. The molecule has 0 aromatic heterocycles. The van der Waals surface area contributed by atoms with E-state index in [9.17, 15) is 0 Å². The van der Waals surface area contributed by atoms with Gasteiger partial charge in [-0.25, -0.2) is 13.1 Å². The molecule has 1 aromatic rings. The summed E-state index contributed by atoms with van der Waals surface area (Å²) in [5, 5.41) is 18.2.